The first-order valence-corrected chi connectivity index (χ1v) is 6.25. The van der Waals surface area contributed by atoms with E-state index in [1.165, 1.54) is 11.5 Å². The largest absolute Gasteiger partial charge is 0.496 e. The van der Waals surface area contributed by atoms with Gasteiger partial charge in [0.2, 0.25) is 3.83 Å². The van der Waals surface area contributed by atoms with E-state index in [-0.39, 0.29) is 0 Å². The molecule has 0 saturated carbocycles. The molecule has 0 aliphatic rings. The SMILES string of the molecule is COc1ccccc1Cc1nc(I)ns1. The minimum absolute atomic E-state index is 0.782. The summed E-state index contributed by atoms with van der Waals surface area (Å²) in [6, 6.07) is 7.98. The Morgan fingerprint density at radius 2 is 2.20 bits per heavy atom. The summed E-state index contributed by atoms with van der Waals surface area (Å²) in [4.78, 5) is 4.32. The topological polar surface area (TPSA) is 35.0 Å². The Morgan fingerprint density at radius 3 is 2.87 bits per heavy atom. The fraction of sp³-hybridized carbons (Fsp3) is 0.200. The lowest BCUT2D eigenvalue weighted by molar-refractivity contribution is 0.410. The first-order valence-electron chi connectivity index (χ1n) is 4.39. The maximum absolute atomic E-state index is 5.28. The quantitative estimate of drug-likeness (QED) is 0.811. The van der Waals surface area contributed by atoms with Crippen LogP contribution in [0.4, 0.5) is 0 Å². The molecule has 0 bridgehead atoms. The molecule has 78 valence electrons. The molecular formula is C10H9IN2OS. The van der Waals surface area contributed by atoms with Crippen LogP contribution >= 0.6 is 34.1 Å². The molecule has 5 heteroatoms. The van der Waals surface area contributed by atoms with Crippen molar-refractivity contribution in [2.24, 2.45) is 0 Å². The van der Waals surface area contributed by atoms with Crippen LogP contribution in [0.3, 0.4) is 0 Å². The van der Waals surface area contributed by atoms with Gasteiger partial charge in [-0.2, -0.15) is 4.37 Å². The van der Waals surface area contributed by atoms with Crippen molar-refractivity contribution in [1.82, 2.24) is 9.36 Å². The van der Waals surface area contributed by atoms with Crippen molar-refractivity contribution < 1.29 is 4.74 Å². The monoisotopic (exact) mass is 332 g/mol. The molecule has 0 spiro atoms. The molecular weight excluding hydrogens is 323 g/mol. The zero-order valence-electron chi connectivity index (χ0n) is 8.11. The second kappa shape index (κ2) is 4.89. The van der Waals surface area contributed by atoms with Crippen molar-refractivity contribution in [2.45, 2.75) is 6.42 Å². The molecule has 3 nitrogen and oxygen atoms in total. The van der Waals surface area contributed by atoms with E-state index in [0.29, 0.717) is 0 Å². The fourth-order valence-corrected chi connectivity index (χ4v) is 2.64. The standard InChI is InChI=1S/C10H9IN2OS/c1-14-8-5-3-2-4-7(8)6-9-12-10(11)13-15-9/h2-5H,6H2,1H3. The average molecular weight is 332 g/mol. The lowest BCUT2D eigenvalue weighted by Gasteiger charge is -2.05. The number of nitrogens with zero attached hydrogens (tertiary/aromatic N) is 2. The van der Waals surface area contributed by atoms with E-state index in [9.17, 15) is 0 Å². The highest BCUT2D eigenvalue weighted by molar-refractivity contribution is 14.1. The lowest BCUT2D eigenvalue weighted by atomic mass is 10.1. The van der Waals surface area contributed by atoms with Crippen LogP contribution in [-0.4, -0.2) is 16.5 Å². The fourth-order valence-electron chi connectivity index (χ4n) is 1.32. The van der Waals surface area contributed by atoms with E-state index in [2.05, 4.69) is 31.9 Å². The molecule has 1 aromatic heterocycles. The van der Waals surface area contributed by atoms with Crippen molar-refractivity contribution in [3.63, 3.8) is 0 Å². The molecule has 0 aliphatic heterocycles. The average Bonchev–Trinajstić information content (AvgIpc) is 2.65. The molecule has 1 heterocycles. The zero-order valence-corrected chi connectivity index (χ0v) is 11.1. The highest BCUT2D eigenvalue weighted by atomic mass is 127. The van der Waals surface area contributed by atoms with Gasteiger partial charge in [-0.3, -0.25) is 0 Å². The molecule has 0 saturated heterocycles. The van der Waals surface area contributed by atoms with Crippen molar-refractivity contribution in [1.29, 1.82) is 0 Å². The summed E-state index contributed by atoms with van der Waals surface area (Å²) in [6.07, 6.45) is 0.782. The normalized spacial score (nSPS) is 10.3. The Morgan fingerprint density at radius 1 is 1.40 bits per heavy atom. The minimum atomic E-state index is 0.782. The summed E-state index contributed by atoms with van der Waals surface area (Å²) in [5.41, 5.74) is 1.15. The maximum Gasteiger partial charge on any atom is 0.203 e. The molecule has 0 unspecified atom stereocenters. The predicted octanol–water partition coefficient (Wildman–Crippen LogP) is 2.74. The molecule has 0 aliphatic carbocycles. The van der Waals surface area contributed by atoms with E-state index in [4.69, 9.17) is 4.74 Å². The van der Waals surface area contributed by atoms with Gasteiger partial charge < -0.3 is 4.74 Å². The first-order chi connectivity index (χ1) is 7.29. The number of hydrogen-bond donors (Lipinski definition) is 0. The minimum Gasteiger partial charge on any atom is -0.496 e. The van der Waals surface area contributed by atoms with Crippen LogP contribution in [0.2, 0.25) is 0 Å². The first kappa shape index (κ1) is 10.8. The van der Waals surface area contributed by atoms with Gasteiger partial charge in [0.05, 0.1) is 7.11 Å². The third kappa shape index (κ3) is 2.66. The molecule has 2 rings (SSSR count). The van der Waals surface area contributed by atoms with Gasteiger partial charge in [-0.15, -0.1) is 0 Å². The van der Waals surface area contributed by atoms with E-state index in [1.807, 2.05) is 24.3 Å². The number of aromatic nitrogens is 2. The van der Waals surface area contributed by atoms with Crippen LogP contribution in [0, 0.1) is 3.83 Å². The van der Waals surface area contributed by atoms with Gasteiger partial charge in [0.15, 0.2) is 0 Å². The Hall–Kier alpha value is -0.690. The number of ether oxygens (including phenoxy) is 1. The molecule has 0 atom stereocenters. The molecule has 15 heavy (non-hydrogen) atoms. The van der Waals surface area contributed by atoms with Crippen LogP contribution in [-0.2, 0) is 6.42 Å². The van der Waals surface area contributed by atoms with E-state index < -0.39 is 0 Å². The van der Waals surface area contributed by atoms with Crippen molar-refractivity contribution in [3.05, 3.63) is 38.7 Å². The summed E-state index contributed by atoms with van der Waals surface area (Å²) in [5.74, 6) is 0.905. The number of methoxy groups -OCH3 is 1. The molecule has 0 radical (unpaired) electrons. The second-order valence-electron chi connectivity index (χ2n) is 2.95. The summed E-state index contributed by atoms with van der Waals surface area (Å²) in [6.45, 7) is 0. The number of halogens is 1. The third-order valence-corrected chi connectivity index (χ3v) is 3.50. The van der Waals surface area contributed by atoms with Crippen LogP contribution < -0.4 is 4.74 Å². The van der Waals surface area contributed by atoms with Gasteiger partial charge in [0.25, 0.3) is 0 Å². The predicted molar refractivity (Wildman–Crippen MR) is 68.4 cm³/mol. The number of benzene rings is 1. The molecule has 2 aromatic rings. The van der Waals surface area contributed by atoms with Gasteiger partial charge in [-0.1, -0.05) is 18.2 Å². The molecule has 0 amide bonds. The Kier molecular flexibility index (Phi) is 3.53. The summed E-state index contributed by atoms with van der Waals surface area (Å²) < 4.78 is 10.2. The van der Waals surface area contributed by atoms with Crippen molar-refractivity contribution in [2.75, 3.05) is 7.11 Å². The van der Waals surface area contributed by atoms with Crippen LogP contribution in [0.15, 0.2) is 24.3 Å². The van der Waals surface area contributed by atoms with Gasteiger partial charge >= 0.3 is 0 Å². The van der Waals surface area contributed by atoms with Crippen LogP contribution in [0.25, 0.3) is 0 Å². The number of rotatable bonds is 3. The highest BCUT2D eigenvalue weighted by Crippen LogP contribution is 2.21. The van der Waals surface area contributed by atoms with E-state index in [1.54, 1.807) is 7.11 Å². The van der Waals surface area contributed by atoms with Crippen LogP contribution in [0.1, 0.15) is 10.6 Å². The third-order valence-electron chi connectivity index (χ3n) is 1.98. The summed E-state index contributed by atoms with van der Waals surface area (Å²) in [7, 11) is 1.68. The van der Waals surface area contributed by atoms with Gasteiger partial charge in [0.1, 0.15) is 10.8 Å². The van der Waals surface area contributed by atoms with Crippen LogP contribution in [0.5, 0.6) is 5.75 Å². The summed E-state index contributed by atoms with van der Waals surface area (Å²) >= 11 is 3.56. The maximum atomic E-state index is 5.28. The van der Waals surface area contributed by atoms with Crippen molar-refractivity contribution >= 4 is 34.1 Å². The Balaban J connectivity index is 2.23. The number of hydrogen-bond acceptors (Lipinski definition) is 4. The highest BCUT2D eigenvalue weighted by Gasteiger charge is 2.06. The van der Waals surface area contributed by atoms with Gasteiger partial charge in [-0.25, -0.2) is 4.98 Å². The van der Waals surface area contributed by atoms with Gasteiger partial charge in [0, 0.05) is 34.6 Å². The Bertz CT molecular complexity index is 458. The van der Waals surface area contributed by atoms with Gasteiger partial charge in [-0.05, 0) is 17.6 Å². The number of para-hydroxylation sites is 1. The van der Waals surface area contributed by atoms with E-state index >= 15 is 0 Å². The molecule has 0 fully saturated rings. The molecule has 0 N–H and O–H groups in total. The molecule has 1 aromatic carbocycles. The second-order valence-corrected chi connectivity index (χ2v) is 4.75. The smallest absolute Gasteiger partial charge is 0.203 e. The zero-order chi connectivity index (χ0) is 10.7. The van der Waals surface area contributed by atoms with Crippen molar-refractivity contribution in [3.8, 4) is 5.75 Å². The van der Waals surface area contributed by atoms with E-state index in [0.717, 1.165) is 26.6 Å². The summed E-state index contributed by atoms with van der Waals surface area (Å²) in [5, 5.41) is 1.02. The lowest BCUT2D eigenvalue weighted by Crippen LogP contribution is -1.92. The Labute approximate surface area is 106 Å².